The highest BCUT2D eigenvalue weighted by Gasteiger charge is 2.37. The van der Waals surface area contributed by atoms with E-state index in [0.29, 0.717) is 36.0 Å². The standard InChI is InChI=1S/C21H27F3N8O2/c1-10(2)17-19(34)28-16-11(3)25-20(29-18(16)31(17)4)27-13-7-12(8-13)26-15(33)9-32-6-5-14(30-32)21(22,23)24/h5-6,10,12-13,17H,7-9H2,1-4H3,(H,26,33)(H,28,34)(H,25,27,29). The van der Waals surface area contributed by atoms with Crippen LogP contribution in [0.4, 0.5) is 30.6 Å². The molecule has 0 spiro atoms. The second-order valence-electron chi connectivity index (χ2n) is 9.09. The first kappa shape index (κ1) is 23.8. The molecule has 184 valence electrons. The maximum Gasteiger partial charge on any atom is 0.435 e. The molecule has 2 aliphatic rings. The van der Waals surface area contributed by atoms with Crippen LogP contribution in [0, 0.1) is 12.8 Å². The number of amides is 2. The Labute approximate surface area is 194 Å². The Morgan fingerprint density at radius 1 is 1.26 bits per heavy atom. The first-order chi connectivity index (χ1) is 15.9. The predicted molar refractivity (Wildman–Crippen MR) is 118 cm³/mol. The summed E-state index contributed by atoms with van der Waals surface area (Å²) in [6.45, 7) is 5.47. The van der Waals surface area contributed by atoms with Crippen LogP contribution in [-0.2, 0) is 22.3 Å². The van der Waals surface area contributed by atoms with Crippen LogP contribution in [0.3, 0.4) is 0 Å². The van der Waals surface area contributed by atoms with E-state index in [9.17, 15) is 22.8 Å². The molecule has 1 fully saturated rings. The minimum atomic E-state index is -4.54. The van der Waals surface area contributed by atoms with Gasteiger partial charge in [0.05, 0.1) is 5.69 Å². The summed E-state index contributed by atoms with van der Waals surface area (Å²) in [4.78, 5) is 35.5. The van der Waals surface area contributed by atoms with Gasteiger partial charge in [0.25, 0.3) is 0 Å². The number of nitrogens with one attached hydrogen (secondary N) is 3. The number of halogens is 3. The van der Waals surface area contributed by atoms with E-state index in [1.807, 2.05) is 25.8 Å². The van der Waals surface area contributed by atoms with Crippen LogP contribution in [-0.4, -0.2) is 56.7 Å². The Kier molecular flexibility index (Phi) is 6.13. The summed E-state index contributed by atoms with van der Waals surface area (Å²) in [6.07, 6.45) is -2.16. The minimum absolute atomic E-state index is 0.0358. The van der Waals surface area contributed by atoms with Crippen LogP contribution in [0.5, 0.6) is 0 Å². The van der Waals surface area contributed by atoms with Gasteiger partial charge in [-0.15, -0.1) is 0 Å². The van der Waals surface area contributed by atoms with Gasteiger partial charge in [0.1, 0.15) is 18.3 Å². The molecule has 13 heteroatoms. The lowest BCUT2D eigenvalue weighted by Gasteiger charge is -2.38. The molecule has 1 atom stereocenters. The molecule has 2 aromatic heterocycles. The molecule has 3 N–H and O–H groups in total. The highest BCUT2D eigenvalue weighted by atomic mass is 19.4. The van der Waals surface area contributed by atoms with Crippen molar-refractivity contribution in [2.24, 2.45) is 5.92 Å². The molecule has 34 heavy (non-hydrogen) atoms. The van der Waals surface area contributed by atoms with Crippen LogP contribution in [0.25, 0.3) is 0 Å². The van der Waals surface area contributed by atoms with Gasteiger partial charge in [-0.25, -0.2) is 4.98 Å². The smallest absolute Gasteiger partial charge is 0.352 e. The monoisotopic (exact) mass is 480 g/mol. The lowest BCUT2D eigenvalue weighted by atomic mass is 9.87. The number of carbonyl (C=O) groups excluding carboxylic acids is 2. The van der Waals surface area contributed by atoms with E-state index in [-0.39, 0.29) is 36.5 Å². The van der Waals surface area contributed by atoms with Crippen molar-refractivity contribution in [2.45, 2.75) is 64.5 Å². The molecule has 1 aliphatic heterocycles. The zero-order valence-corrected chi connectivity index (χ0v) is 19.3. The Bertz CT molecular complexity index is 1090. The highest BCUT2D eigenvalue weighted by Crippen LogP contribution is 2.35. The third kappa shape index (κ3) is 4.77. The second kappa shape index (κ2) is 8.76. The molecule has 0 aromatic carbocycles. The molecule has 2 aromatic rings. The average Bonchev–Trinajstić information content (AvgIpc) is 3.16. The Morgan fingerprint density at radius 2 is 1.97 bits per heavy atom. The van der Waals surface area contributed by atoms with E-state index in [0.717, 1.165) is 16.9 Å². The van der Waals surface area contributed by atoms with E-state index in [1.165, 1.54) is 0 Å². The number of likely N-dealkylation sites (N-methyl/N-ethyl adjacent to an activating group) is 1. The van der Waals surface area contributed by atoms with Crippen molar-refractivity contribution in [3.63, 3.8) is 0 Å². The third-order valence-corrected chi connectivity index (χ3v) is 6.04. The first-order valence-corrected chi connectivity index (χ1v) is 11.0. The van der Waals surface area contributed by atoms with Gasteiger partial charge in [-0.3, -0.25) is 14.3 Å². The van der Waals surface area contributed by atoms with Gasteiger partial charge < -0.3 is 20.9 Å². The van der Waals surface area contributed by atoms with Crippen molar-refractivity contribution < 1.29 is 22.8 Å². The largest absolute Gasteiger partial charge is 0.435 e. The topological polar surface area (TPSA) is 117 Å². The summed E-state index contributed by atoms with van der Waals surface area (Å²) in [5, 5.41) is 12.4. The van der Waals surface area contributed by atoms with Gasteiger partial charge >= 0.3 is 6.18 Å². The zero-order valence-electron chi connectivity index (χ0n) is 19.3. The fourth-order valence-electron chi connectivity index (χ4n) is 4.34. The SMILES string of the molecule is Cc1nc(NC2CC(NC(=O)Cn3ccc(C(F)(F)F)n3)C2)nc2c1NC(=O)C(C(C)C)N2C. The predicted octanol–water partition coefficient (Wildman–Crippen LogP) is 2.17. The first-order valence-electron chi connectivity index (χ1n) is 11.0. The lowest BCUT2D eigenvalue weighted by molar-refractivity contribution is -0.141. The normalized spacial score (nSPS) is 22.2. The Balaban J connectivity index is 1.31. The molecule has 4 rings (SSSR count). The van der Waals surface area contributed by atoms with Crippen molar-refractivity contribution in [3.8, 4) is 0 Å². The molecule has 10 nitrogen and oxygen atoms in total. The fourth-order valence-corrected chi connectivity index (χ4v) is 4.34. The highest BCUT2D eigenvalue weighted by molar-refractivity contribution is 6.03. The van der Waals surface area contributed by atoms with Gasteiger partial charge in [-0.05, 0) is 31.7 Å². The number of carbonyl (C=O) groups is 2. The van der Waals surface area contributed by atoms with Crippen molar-refractivity contribution in [3.05, 3.63) is 23.7 Å². The van der Waals surface area contributed by atoms with Crippen molar-refractivity contribution >= 4 is 29.3 Å². The van der Waals surface area contributed by atoms with Gasteiger partial charge in [0, 0.05) is 25.3 Å². The second-order valence-corrected chi connectivity index (χ2v) is 9.09. The summed E-state index contributed by atoms with van der Waals surface area (Å²) in [6, 6.07) is 0.436. The average molecular weight is 480 g/mol. The number of aryl methyl sites for hydroxylation is 1. The van der Waals surface area contributed by atoms with E-state index in [4.69, 9.17) is 0 Å². The van der Waals surface area contributed by atoms with Gasteiger partial charge in [-0.2, -0.15) is 23.3 Å². The Morgan fingerprint density at radius 3 is 2.59 bits per heavy atom. The van der Waals surface area contributed by atoms with Gasteiger partial charge in [0.15, 0.2) is 11.5 Å². The van der Waals surface area contributed by atoms with Gasteiger partial charge in [0.2, 0.25) is 17.8 Å². The number of hydrogen-bond acceptors (Lipinski definition) is 7. The molecule has 1 aliphatic carbocycles. The molecular weight excluding hydrogens is 453 g/mol. The van der Waals surface area contributed by atoms with Crippen LogP contribution in [0.15, 0.2) is 12.3 Å². The zero-order chi connectivity index (χ0) is 24.8. The number of fused-ring (bicyclic) bond motifs is 1. The summed E-state index contributed by atoms with van der Waals surface area (Å²) < 4.78 is 38.9. The van der Waals surface area contributed by atoms with E-state index in [1.54, 1.807) is 6.92 Å². The molecule has 1 unspecified atom stereocenters. The van der Waals surface area contributed by atoms with Crippen LogP contribution in [0.2, 0.25) is 0 Å². The number of nitrogens with zero attached hydrogens (tertiary/aromatic N) is 5. The Hall–Kier alpha value is -3.38. The minimum Gasteiger partial charge on any atom is -0.352 e. The molecule has 2 amide bonds. The summed E-state index contributed by atoms with van der Waals surface area (Å²) in [5.74, 6) is 0.697. The van der Waals surface area contributed by atoms with Crippen molar-refractivity contribution in [1.29, 1.82) is 0 Å². The van der Waals surface area contributed by atoms with Crippen LogP contribution < -0.4 is 20.9 Å². The van der Waals surface area contributed by atoms with E-state index < -0.39 is 17.8 Å². The third-order valence-electron chi connectivity index (χ3n) is 6.04. The molecule has 3 heterocycles. The number of alkyl halides is 3. The number of aromatic nitrogens is 4. The molecule has 1 saturated carbocycles. The quantitative estimate of drug-likeness (QED) is 0.580. The maximum absolute atomic E-state index is 12.6. The maximum atomic E-state index is 12.6. The van der Waals surface area contributed by atoms with E-state index in [2.05, 4.69) is 31.0 Å². The van der Waals surface area contributed by atoms with E-state index >= 15 is 0 Å². The van der Waals surface area contributed by atoms with Crippen LogP contribution >= 0.6 is 0 Å². The number of rotatable bonds is 6. The molecule has 0 radical (unpaired) electrons. The number of anilines is 3. The number of hydrogen-bond donors (Lipinski definition) is 3. The van der Waals surface area contributed by atoms with Crippen molar-refractivity contribution in [1.82, 2.24) is 25.1 Å². The fraction of sp³-hybridized carbons (Fsp3) is 0.571. The summed E-state index contributed by atoms with van der Waals surface area (Å²) in [7, 11) is 1.84. The molecular formula is C21H27F3N8O2. The molecule has 0 bridgehead atoms. The van der Waals surface area contributed by atoms with Crippen molar-refractivity contribution in [2.75, 3.05) is 22.6 Å². The molecule has 0 saturated heterocycles. The van der Waals surface area contributed by atoms with Crippen LogP contribution in [0.1, 0.15) is 38.1 Å². The lowest BCUT2D eigenvalue weighted by Crippen LogP contribution is -2.51. The van der Waals surface area contributed by atoms with Gasteiger partial charge in [-0.1, -0.05) is 13.8 Å². The summed E-state index contributed by atoms with van der Waals surface area (Å²) >= 11 is 0. The summed E-state index contributed by atoms with van der Waals surface area (Å²) in [5.41, 5.74) is 0.219.